The fraction of sp³-hybridized carbons (Fsp3) is 0.625. The highest BCUT2D eigenvalue weighted by Gasteiger charge is 2.46. The summed E-state index contributed by atoms with van der Waals surface area (Å²) in [7, 11) is 1.16. The van der Waals surface area contributed by atoms with E-state index in [0.29, 0.717) is 0 Å². The number of methoxy groups -OCH3 is 1. The van der Waals surface area contributed by atoms with Crippen molar-refractivity contribution in [3.63, 3.8) is 0 Å². The molecular weight excluding hydrogens is 310 g/mol. The van der Waals surface area contributed by atoms with Crippen molar-refractivity contribution < 1.29 is 23.9 Å². The van der Waals surface area contributed by atoms with E-state index in [1.807, 2.05) is 0 Å². The largest absolute Gasteiger partial charge is 0.467 e. The monoisotopic (exact) mass is 318 g/mol. The molecule has 2 unspecified atom stereocenters. The summed E-state index contributed by atoms with van der Waals surface area (Å²) >= 11 is 16.1. The Balaban J connectivity index is 2.43. The Kier molecular flexibility index (Phi) is 4.89. The maximum absolute atomic E-state index is 11.3. The van der Waals surface area contributed by atoms with Crippen molar-refractivity contribution in [2.24, 2.45) is 0 Å². The van der Waals surface area contributed by atoms with Gasteiger partial charge in [-0.25, -0.2) is 9.59 Å². The van der Waals surface area contributed by atoms with Gasteiger partial charge in [-0.3, -0.25) is 4.79 Å². The van der Waals surface area contributed by atoms with Crippen LogP contribution >= 0.6 is 34.8 Å². The minimum absolute atomic E-state index is 0.485. The van der Waals surface area contributed by atoms with E-state index in [1.54, 1.807) is 0 Å². The van der Waals surface area contributed by atoms with Gasteiger partial charge in [0.1, 0.15) is 12.6 Å². The van der Waals surface area contributed by atoms with Gasteiger partial charge in [0.05, 0.1) is 7.11 Å². The van der Waals surface area contributed by atoms with Crippen molar-refractivity contribution in [2.75, 3.05) is 13.7 Å². The number of β-lactam (4-membered cyclic amide) rings is 1. The number of amides is 2. The third-order valence-corrected chi connectivity index (χ3v) is 2.34. The molecule has 18 heavy (non-hydrogen) atoms. The normalized spacial score (nSPS) is 22.6. The average Bonchev–Trinajstić information content (AvgIpc) is 2.28. The van der Waals surface area contributed by atoms with Crippen LogP contribution in [0.4, 0.5) is 4.79 Å². The smallest absolute Gasteiger partial charge is 0.408 e. The van der Waals surface area contributed by atoms with Crippen LogP contribution in [0.25, 0.3) is 0 Å². The van der Waals surface area contributed by atoms with Gasteiger partial charge in [-0.05, 0) is 0 Å². The van der Waals surface area contributed by atoms with E-state index >= 15 is 0 Å². The highest BCUT2D eigenvalue weighted by molar-refractivity contribution is 6.67. The van der Waals surface area contributed by atoms with Crippen LogP contribution in [-0.4, -0.2) is 47.6 Å². The number of hydrogen-bond donors (Lipinski definition) is 2. The molecule has 0 aromatic heterocycles. The van der Waals surface area contributed by atoms with E-state index < -0.39 is 40.5 Å². The van der Waals surface area contributed by atoms with E-state index in [0.717, 1.165) is 7.11 Å². The van der Waals surface area contributed by atoms with Crippen molar-refractivity contribution in [3.05, 3.63) is 0 Å². The fourth-order valence-corrected chi connectivity index (χ4v) is 1.33. The first kappa shape index (κ1) is 15.1. The molecule has 0 aromatic rings. The molecule has 1 heterocycles. The van der Waals surface area contributed by atoms with Crippen LogP contribution in [0.5, 0.6) is 0 Å². The quantitative estimate of drug-likeness (QED) is 0.438. The Morgan fingerprint density at radius 2 is 2.06 bits per heavy atom. The molecule has 1 aliphatic rings. The lowest BCUT2D eigenvalue weighted by Crippen LogP contribution is -2.72. The molecule has 0 aromatic carbocycles. The maximum Gasteiger partial charge on any atom is 0.408 e. The Morgan fingerprint density at radius 1 is 1.44 bits per heavy atom. The fourth-order valence-electron chi connectivity index (χ4n) is 1.17. The molecule has 0 bridgehead atoms. The summed E-state index contributed by atoms with van der Waals surface area (Å²) in [6, 6.07) is -2.00. The molecule has 7 nitrogen and oxygen atoms in total. The minimum Gasteiger partial charge on any atom is -0.467 e. The van der Waals surface area contributed by atoms with Gasteiger partial charge in [-0.1, -0.05) is 34.8 Å². The Bertz CT molecular complexity index is 370. The Hall–Kier alpha value is -0.920. The lowest BCUT2D eigenvalue weighted by molar-refractivity contribution is -0.152. The van der Waals surface area contributed by atoms with Crippen LogP contribution in [0, 0.1) is 0 Å². The summed E-state index contributed by atoms with van der Waals surface area (Å²) in [5.41, 5.74) is 0. The number of rotatable bonds is 3. The number of carbonyl (C=O) groups is 3. The van der Waals surface area contributed by atoms with Crippen molar-refractivity contribution in [1.29, 1.82) is 0 Å². The topological polar surface area (TPSA) is 93.7 Å². The summed E-state index contributed by atoms with van der Waals surface area (Å²) in [4.78, 5) is 33.5. The SMILES string of the molecule is COC(=O)C1NC(=O)C1NC(=O)OCC(Cl)(Cl)Cl. The first-order valence-electron chi connectivity index (χ1n) is 4.63. The molecule has 2 N–H and O–H groups in total. The summed E-state index contributed by atoms with van der Waals surface area (Å²) in [6.45, 7) is -0.485. The summed E-state index contributed by atoms with van der Waals surface area (Å²) in [5.74, 6) is -1.21. The van der Waals surface area contributed by atoms with Gasteiger partial charge < -0.3 is 20.1 Å². The van der Waals surface area contributed by atoms with Gasteiger partial charge in [0.15, 0.2) is 6.04 Å². The zero-order valence-electron chi connectivity index (χ0n) is 9.04. The molecule has 1 rings (SSSR count). The van der Waals surface area contributed by atoms with Crippen LogP contribution < -0.4 is 10.6 Å². The van der Waals surface area contributed by atoms with E-state index in [2.05, 4.69) is 20.1 Å². The van der Waals surface area contributed by atoms with Crippen molar-refractivity contribution in [2.45, 2.75) is 15.9 Å². The number of alkyl carbamates (subject to hydrolysis) is 1. The van der Waals surface area contributed by atoms with Crippen molar-refractivity contribution in [3.8, 4) is 0 Å². The van der Waals surface area contributed by atoms with Gasteiger partial charge in [0.2, 0.25) is 9.70 Å². The van der Waals surface area contributed by atoms with Gasteiger partial charge in [0, 0.05) is 0 Å². The zero-order valence-corrected chi connectivity index (χ0v) is 11.3. The van der Waals surface area contributed by atoms with E-state index in [9.17, 15) is 14.4 Å². The van der Waals surface area contributed by atoms with Gasteiger partial charge in [0.25, 0.3) is 0 Å². The lowest BCUT2D eigenvalue weighted by Gasteiger charge is -2.34. The average molecular weight is 320 g/mol. The number of ether oxygens (including phenoxy) is 2. The maximum atomic E-state index is 11.3. The Labute approximate surface area is 117 Å². The van der Waals surface area contributed by atoms with Gasteiger partial charge in [-0.15, -0.1) is 0 Å². The molecule has 0 spiro atoms. The first-order chi connectivity index (χ1) is 8.24. The van der Waals surface area contributed by atoms with Crippen LogP contribution in [0.1, 0.15) is 0 Å². The second kappa shape index (κ2) is 5.81. The Morgan fingerprint density at radius 3 is 2.50 bits per heavy atom. The number of esters is 1. The molecule has 0 radical (unpaired) electrons. The lowest BCUT2D eigenvalue weighted by atomic mass is 9.99. The molecule has 10 heteroatoms. The van der Waals surface area contributed by atoms with Crippen LogP contribution in [0.3, 0.4) is 0 Å². The van der Waals surface area contributed by atoms with E-state index in [1.165, 1.54) is 0 Å². The van der Waals surface area contributed by atoms with E-state index in [4.69, 9.17) is 34.8 Å². The molecule has 2 amide bonds. The van der Waals surface area contributed by atoms with Gasteiger partial charge >= 0.3 is 12.1 Å². The van der Waals surface area contributed by atoms with E-state index in [-0.39, 0.29) is 0 Å². The highest BCUT2D eigenvalue weighted by Crippen LogP contribution is 2.25. The van der Waals surface area contributed by atoms with Crippen molar-refractivity contribution >= 4 is 52.8 Å². The first-order valence-corrected chi connectivity index (χ1v) is 5.76. The molecule has 2 atom stereocenters. The number of alkyl halides is 3. The summed E-state index contributed by atoms with van der Waals surface area (Å²) in [6.07, 6.45) is -0.977. The molecule has 102 valence electrons. The number of halogens is 3. The van der Waals surface area contributed by atoms with Crippen LogP contribution in [-0.2, 0) is 19.1 Å². The molecular formula is C8H9Cl3N2O5. The minimum atomic E-state index is -1.75. The number of nitrogens with one attached hydrogen (secondary N) is 2. The molecule has 1 fully saturated rings. The third-order valence-electron chi connectivity index (χ3n) is 2.01. The predicted molar refractivity (Wildman–Crippen MR) is 62.5 cm³/mol. The van der Waals surface area contributed by atoms with Gasteiger partial charge in [-0.2, -0.15) is 0 Å². The standard InChI is InChI=1S/C8H9Cl3N2O5/c1-17-6(15)4-3(5(14)12-4)13-7(16)18-2-8(9,10)11/h3-4H,2H2,1H3,(H,12,14)(H,13,16). The zero-order chi connectivity index (χ0) is 13.9. The summed E-state index contributed by atoms with van der Waals surface area (Å²) in [5, 5.41) is 4.41. The van der Waals surface area contributed by atoms with Crippen LogP contribution in [0.2, 0.25) is 0 Å². The molecule has 1 saturated heterocycles. The predicted octanol–water partition coefficient (Wildman–Crippen LogP) is 0.123. The third kappa shape index (κ3) is 4.08. The van der Waals surface area contributed by atoms with Crippen molar-refractivity contribution in [1.82, 2.24) is 10.6 Å². The number of hydrogen-bond acceptors (Lipinski definition) is 5. The number of carbonyl (C=O) groups excluding carboxylic acids is 3. The second-order valence-corrected chi connectivity index (χ2v) is 5.84. The molecule has 0 saturated carbocycles. The molecule has 1 aliphatic heterocycles. The highest BCUT2D eigenvalue weighted by atomic mass is 35.6. The second-order valence-electron chi connectivity index (χ2n) is 3.32. The van der Waals surface area contributed by atoms with Crippen LogP contribution in [0.15, 0.2) is 0 Å². The summed E-state index contributed by atoms with van der Waals surface area (Å²) < 4.78 is 7.22. The molecule has 0 aliphatic carbocycles.